The average molecular weight is 464 g/mol. The minimum Gasteiger partial charge on any atom is -0.432 e. The summed E-state index contributed by atoms with van der Waals surface area (Å²) < 4.78 is 6.36. The number of carbonyl (C=O) groups is 2. The molecule has 3 N–H and O–H groups in total. The number of carbonyl (C=O) groups excluding carboxylic acids is 2. The number of nitro groups is 1. The summed E-state index contributed by atoms with van der Waals surface area (Å²) in [6.45, 7) is 5.75. The number of nitrogens with one attached hydrogen (secondary N) is 1. The van der Waals surface area contributed by atoms with Crippen molar-refractivity contribution in [3.63, 3.8) is 0 Å². The van der Waals surface area contributed by atoms with Crippen LogP contribution in [0.1, 0.15) is 31.7 Å². The van der Waals surface area contributed by atoms with Crippen molar-refractivity contribution in [1.82, 2.24) is 4.90 Å². The molecular weight excluding hydrogens is 434 g/mol. The maximum atomic E-state index is 13.2. The van der Waals surface area contributed by atoms with Crippen LogP contribution in [0.2, 0.25) is 18.6 Å². The summed E-state index contributed by atoms with van der Waals surface area (Å²) in [4.78, 5) is 49.9. The summed E-state index contributed by atoms with van der Waals surface area (Å²) in [5, 5.41) is 23.7. The highest BCUT2D eigenvalue weighted by atomic mass is 28.4. The smallest absolute Gasteiger partial charge is 0.269 e. The number of aliphatic hydroxyl groups excluding tert-OH is 1. The van der Waals surface area contributed by atoms with Crippen LogP contribution in [0.25, 0.3) is 0 Å². The molecule has 0 aromatic heterocycles. The monoisotopic (exact) mass is 463 g/mol. The Balaban J connectivity index is 1.72. The highest BCUT2D eigenvalue weighted by Gasteiger charge is 2.65. The molecule has 0 saturated carbocycles. The summed E-state index contributed by atoms with van der Waals surface area (Å²) >= 11 is 0. The summed E-state index contributed by atoms with van der Waals surface area (Å²) in [7, 11) is -2.92. The lowest BCUT2D eigenvalue weighted by atomic mass is 9.82. The van der Waals surface area contributed by atoms with E-state index in [4.69, 9.17) is 4.74 Å². The van der Waals surface area contributed by atoms with Gasteiger partial charge in [0.1, 0.15) is 0 Å². The van der Waals surface area contributed by atoms with Crippen LogP contribution in [0.5, 0.6) is 0 Å². The van der Waals surface area contributed by atoms with Crippen LogP contribution in [0.4, 0.5) is 11.4 Å². The molecule has 0 aliphatic carbocycles. The van der Waals surface area contributed by atoms with Gasteiger partial charge < -0.3 is 24.9 Å². The third kappa shape index (κ3) is 3.43. The maximum Gasteiger partial charge on any atom is 0.269 e. The lowest BCUT2D eigenvalue weighted by Crippen LogP contribution is -2.44. The topological polar surface area (TPSA) is 142 Å². The number of aliphatic hydroxyl groups is 1. The molecule has 32 heavy (non-hydrogen) atoms. The molecule has 3 aliphatic rings. The van der Waals surface area contributed by atoms with Gasteiger partial charge in [-0.1, -0.05) is 6.92 Å². The van der Waals surface area contributed by atoms with E-state index in [9.17, 15) is 29.6 Å². The zero-order valence-corrected chi connectivity index (χ0v) is 19.4. The van der Waals surface area contributed by atoms with Crippen LogP contribution in [-0.2, 0) is 19.9 Å². The Morgan fingerprint density at radius 3 is 2.78 bits per heavy atom. The van der Waals surface area contributed by atoms with E-state index in [1.807, 2.05) is 0 Å². The first-order chi connectivity index (χ1) is 15.0. The molecule has 2 fully saturated rings. The predicted octanol–water partition coefficient (Wildman–Crippen LogP) is 1.72. The fraction of sp³-hybridized carbons (Fsp3) is 0.619. The molecule has 0 bridgehead atoms. The second-order valence-electron chi connectivity index (χ2n) is 9.57. The van der Waals surface area contributed by atoms with Gasteiger partial charge in [-0.05, 0) is 32.0 Å². The Kier molecular flexibility index (Phi) is 5.64. The summed E-state index contributed by atoms with van der Waals surface area (Å²) in [5.41, 5.74) is -1.30. The van der Waals surface area contributed by atoms with Gasteiger partial charge in [0.2, 0.25) is 5.91 Å². The third-order valence-corrected chi connectivity index (χ3v) is 9.72. The standard InChI is InChI=1S/C21H29N3O7Si/c1-12-19(32(2,3)30)17(10-18(26)23-8-4-5-14(23)11-25)31-21(12)15-9-13(24(28)29)6-7-16(15)22-20(21)27/h6-7,9,12,14,17,19,25,30H,4-5,8,10-11H2,1-3H3,(H,22,27)/t12-,14+,17+,19-,21+/m1/s1. The minimum atomic E-state index is -2.92. The van der Waals surface area contributed by atoms with Crippen LogP contribution in [0.15, 0.2) is 18.2 Å². The molecule has 174 valence electrons. The van der Waals surface area contributed by atoms with Crippen molar-refractivity contribution in [2.24, 2.45) is 5.92 Å². The Labute approximate surface area is 186 Å². The van der Waals surface area contributed by atoms with E-state index in [1.165, 1.54) is 18.2 Å². The molecule has 0 unspecified atom stereocenters. The van der Waals surface area contributed by atoms with E-state index in [0.29, 0.717) is 17.8 Å². The Morgan fingerprint density at radius 2 is 2.16 bits per heavy atom. The van der Waals surface area contributed by atoms with E-state index >= 15 is 0 Å². The van der Waals surface area contributed by atoms with Crippen LogP contribution in [-0.4, -0.2) is 65.2 Å². The second kappa shape index (κ2) is 7.91. The van der Waals surface area contributed by atoms with E-state index < -0.39 is 42.3 Å². The number of amides is 2. The molecule has 1 aromatic rings. The minimum absolute atomic E-state index is 0.0260. The lowest BCUT2D eigenvalue weighted by Gasteiger charge is -2.32. The predicted molar refractivity (Wildman–Crippen MR) is 117 cm³/mol. The summed E-state index contributed by atoms with van der Waals surface area (Å²) in [6, 6.07) is 3.93. The number of ether oxygens (including phenoxy) is 1. The first-order valence-electron chi connectivity index (χ1n) is 10.9. The zero-order valence-electron chi connectivity index (χ0n) is 18.4. The Hall–Kier alpha value is -2.34. The van der Waals surface area contributed by atoms with Crippen LogP contribution in [0.3, 0.4) is 0 Å². The number of anilines is 1. The number of rotatable bonds is 5. The Morgan fingerprint density at radius 1 is 1.44 bits per heavy atom. The van der Waals surface area contributed by atoms with Gasteiger partial charge in [0.25, 0.3) is 11.6 Å². The third-order valence-electron chi connectivity index (χ3n) is 7.22. The molecule has 1 aromatic carbocycles. The van der Waals surface area contributed by atoms with E-state index in [0.717, 1.165) is 12.8 Å². The number of likely N-dealkylation sites (tertiary alicyclic amines) is 1. The van der Waals surface area contributed by atoms with Crippen molar-refractivity contribution in [2.45, 2.75) is 62.6 Å². The highest BCUT2D eigenvalue weighted by molar-refractivity contribution is 6.71. The van der Waals surface area contributed by atoms with Gasteiger partial charge in [-0.25, -0.2) is 0 Å². The van der Waals surface area contributed by atoms with Crippen molar-refractivity contribution in [3.05, 3.63) is 33.9 Å². The van der Waals surface area contributed by atoms with Gasteiger partial charge in [-0.2, -0.15) is 0 Å². The molecule has 3 heterocycles. The number of benzene rings is 1. The zero-order chi connectivity index (χ0) is 23.4. The van der Waals surface area contributed by atoms with Gasteiger partial charge in [-0.3, -0.25) is 19.7 Å². The normalized spacial score (nSPS) is 31.8. The number of hydrogen-bond acceptors (Lipinski definition) is 7. The van der Waals surface area contributed by atoms with Crippen LogP contribution >= 0.6 is 0 Å². The van der Waals surface area contributed by atoms with Gasteiger partial charge in [0.05, 0.1) is 30.1 Å². The Bertz CT molecular complexity index is 965. The molecule has 2 saturated heterocycles. The molecular formula is C21H29N3O7Si. The SMILES string of the molecule is C[C@@H]1[C@@H]([Si](C)(C)O)[C@H](CC(=O)N2CCC[C@H]2CO)O[C@@]12C(=O)Nc1ccc([N+](=O)[O-])cc12. The number of nitro benzene ring substituents is 1. The van der Waals surface area contributed by atoms with E-state index in [1.54, 1.807) is 24.9 Å². The first kappa shape index (κ1) is 22.8. The molecule has 2 amide bonds. The van der Waals surface area contributed by atoms with Crippen molar-refractivity contribution in [3.8, 4) is 0 Å². The van der Waals surface area contributed by atoms with Crippen LogP contribution < -0.4 is 5.32 Å². The first-order valence-corrected chi connectivity index (χ1v) is 13.9. The maximum absolute atomic E-state index is 13.2. The number of fused-ring (bicyclic) bond motifs is 2. The largest absolute Gasteiger partial charge is 0.432 e. The summed E-state index contributed by atoms with van der Waals surface area (Å²) in [5.74, 6) is -1.12. The second-order valence-corrected chi connectivity index (χ2v) is 13.5. The molecule has 0 radical (unpaired) electrons. The molecule has 3 aliphatic heterocycles. The fourth-order valence-corrected chi connectivity index (χ4v) is 8.40. The van der Waals surface area contributed by atoms with Crippen molar-refractivity contribution >= 4 is 31.5 Å². The molecule has 10 nitrogen and oxygen atoms in total. The van der Waals surface area contributed by atoms with E-state index in [2.05, 4.69) is 5.32 Å². The lowest BCUT2D eigenvalue weighted by molar-refractivity contribution is -0.385. The van der Waals surface area contributed by atoms with Crippen molar-refractivity contribution in [1.29, 1.82) is 0 Å². The van der Waals surface area contributed by atoms with Crippen LogP contribution in [0, 0.1) is 16.0 Å². The fourth-order valence-electron chi connectivity index (χ4n) is 5.84. The molecule has 4 rings (SSSR count). The number of non-ortho nitro benzene ring substituents is 1. The highest BCUT2D eigenvalue weighted by Crippen LogP contribution is 2.58. The van der Waals surface area contributed by atoms with Gasteiger partial charge in [0, 0.05) is 41.4 Å². The summed E-state index contributed by atoms with van der Waals surface area (Å²) in [6.07, 6.45) is 0.797. The molecule has 5 atom stereocenters. The average Bonchev–Trinajstić information content (AvgIpc) is 3.37. The quantitative estimate of drug-likeness (QED) is 0.343. The van der Waals surface area contributed by atoms with Gasteiger partial charge >= 0.3 is 0 Å². The molecule has 11 heteroatoms. The van der Waals surface area contributed by atoms with Gasteiger partial charge in [0.15, 0.2) is 13.9 Å². The number of nitrogens with zero attached hydrogens (tertiary/aromatic N) is 2. The van der Waals surface area contributed by atoms with E-state index in [-0.39, 0.29) is 30.7 Å². The number of hydrogen-bond donors (Lipinski definition) is 3. The molecule has 1 spiro atoms. The van der Waals surface area contributed by atoms with Gasteiger partial charge in [-0.15, -0.1) is 0 Å². The van der Waals surface area contributed by atoms with Crippen molar-refractivity contribution < 1.29 is 29.2 Å². The van der Waals surface area contributed by atoms with Crippen molar-refractivity contribution in [2.75, 3.05) is 18.5 Å².